The van der Waals surface area contributed by atoms with E-state index in [4.69, 9.17) is 57.2 Å². The maximum Gasteiger partial charge on any atom is 0.303 e. The SMILES string of the molecule is CC(=O)CC1CCc2sc3nc(Cl)nc(OC4CCC(N(C)C)CC4)c3c21.CN(C)C1CCC(Oc2nc(Nc3cnn(C)c3)nc3sc4c(c23)C(CC(=O)O)CC4)CC1.CN(C)C1CCC(Oc2nc(Nc3cnn(C)c3)nc3sc4c(c23)C(CC(N)=O)CC4)CC1.Cn1cc(N)cn1. The van der Waals surface area contributed by atoms with E-state index in [0.717, 1.165) is 163 Å². The van der Waals surface area contributed by atoms with Gasteiger partial charge in [0.15, 0.2) is 0 Å². The smallest absolute Gasteiger partial charge is 0.303 e. The Labute approximate surface area is 599 Å². The van der Waals surface area contributed by atoms with Gasteiger partial charge in [-0.2, -0.15) is 30.2 Å². The van der Waals surface area contributed by atoms with Gasteiger partial charge >= 0.3 is 5.97 Å². The lowest BCUT2D eigenvalue weighted by Crippen LogP contribution is -2.35. The van der Waals surface area contributed by atoms with Crippen LogP contribution in [0.3, 0.4) is 0 Å². The fraction of sp³-hybridized carbons (Fsp3) is 0.571. The number of amides is 1. The normalized spacial score (nSPS) is 22.4. The number of nitrogen functional groups attached to an aromatic ring is 1. The van der Waals surface area contributed by atoms with Crippen LogP contribution >= 0.6 is 45.6 Å². The molecule has 3 atom stereocenters. The average molecular weight is 1450 g/mol. The summed E-state index contributed by atoms with van der Waals surface area (Å²) in [6, 6.07) is 1.82. The quantitative estimate of drug-likeness (QED) is 0.0470. The number of halogens is 1. The first-order chi connectivity index (χ1) is 47.9. The summed E-state index contributed by atoms with van der Waals surface area (Å²) in [5.41, 5.74) is 16.7. The highest BCUT2D eigenvalue weighted by molar-refractivity contribution is 7.19. The molecule has 6 aliphatic carbocycles. The van der Waals surface area contributed by atoms with Crippen molar-refractivity contribution in [3.63, 3.8) is 0 Å². The molecule has 7 N–H and O–H groups in total. The number of aromatic nitrogens is 12. The number of carboxylic acid groups (broad SMARTS) is 1. The van der Waals surface area contributed by atoms with E-state index >= 15 is 0 Å². The summed E-state index contributed by atoms with van der Waals surface area (Å²) in [4.78, 5) is 76.3. The van der Waals surface area contributed by atoms with Gasteiger partial charge in [0, 0.05) is 85.3 Å². The van der Waals surface area contributed by atoms with Crippen LogP contribution in [0.4, 0.5) is 29.0 Å². The minimum Gasteiger partial charge on any atom is -0.481 e. The van der Waals surface area contributed by atoms with Crippen LogP contribution in [0, 0.1) is 0 Å². The Morgan fingerprint density at radius 3 is 1.20 bits per heavy atom. The van der Waals surface area contributed by atoms with E-state index < -0.39 is 5.97 Å². The molecule has 0 aromatic carbocycles. The number of nitrogens with two attached hydrogens (primary N) is 2. The molecule has 3 unspecified atom stereocenters. The first kappa shape index (κ1) is 72.1. The van der Waals surface area contributed by atoms with Crippen LogP contribution in [0.5, 0.6) is 17.6 Å². The lowest BCUT2D eigenvalue weighted by atomic mass is 9.92. The lowest BCUT2D eigenvalue weighted by Gasteiger charge is -2.32. The van der Waals surface area contributed by atoms with Crippen LogP contribution in [-0.2, 0) is 54.8 Å². The summed E-state index contributed by atoms with van der Waals surface area (Å²) in [7, 11) is 18.4. The third-order valence-corrected chi connectivity index (χ3v) is 23.9. The molecule has 9 aromatic heterocycles. The van der Waals surface area contributed by atoms with Crippen molar-refractivity contribution >= 4 is 123 Å². The molecule has 26 nitrogen and oxygen atoms in total. The highest BCUT2D eigenvalue weighted by atomic mass is 35.5. The third kappa shape index (κ3) is 17.3. The molecule has 1 amide bonds. The first-order valence-electron chi connectivity index (χ1n) is 34.8. The van der Waals surface area contributed by atoms with Gasteiger partial charge in [-0.1, -0.05) is 0 Å². The molecule has 0 radical (unpaired) electrons. The molecule has 536 valence electrons. The molecule has 0 aliphatic heterocycles. The number of nitrogens with one attached hydrogen (secondary N) is 2. The topological polar surface area (TPSA) is 316 Å². The molecular weight excluding hydrogens is 1350 g/mol. The van der Waals surface area contributed by atoms with Crippen molar-refractivity contribution < 1.29 is 33.7 Å². The van der Waals surface area contributed by atoms with Gasteiger partial charge < -0.3 is 60.9 Å². The second kappa shape index (κ2) is 31.7. The van der Waals surface area contributed by atoms with Gasteiger partial charge in [0.1, 0.15) is 38.6 Å². The Morgan fingerprint density at radius 1 is 0.520 bits per heavy atom. The highest BCUT2D eigenvalue weighted by Crippen LogP contribution is 2.51. The van der Waals surface area contributed by atoms with E-state index in [-0.39, 0.29) is 59.5 Å². The van der Waals surface area contributed by atoms with Gasteiger partial charge in [-0.15, -0.1) is 34.0 Å². The van der Waals surface area contributed by atoms with E-state index in [1.54, 1.807) is 79.8 Å². The van der Waals surface area contributed by atoms with Crippen LogP contribution in [0.2, 0.25) is 5.28 Å². The fourth-order valence-corrected chi connectivity index (χ4v) is 19.2. The maximum absolute atomic E-state index is 11.7. The summed E-state index contributed by atoms with van der Waals surface area (Å²) < 4.78 is 24.6. The molecule has 9 aromatic rings. The summed E-state index contributed by atoms with van der Waals surface area (Å²) >= 11 is 11.2. The Balaban J connectivity index is 0.000000136. The number of thiophene rings is 3. The molecule has 0 bridgehead atoms. The van der Waals surface area contributed by atoms with E-state index in [9.17, 15) is 19.5 Å². The number of carboxylic acids is 1. The zero-order valence-corrected chi connectivity index (χ0v) is 62.1. The zero-order chi connectivity index (χ0) is 70.6. The molecule has 0 saturated heterocycles. The number of carbonyl (C=O) groups excluding carboxylic acids is 2. The standard InChI is InChI=1S/C23H31N7O2S.C23H30N6O3S.C20H26ClN3O2S.C4H7N3/c1-29(2)15-5-7-16(8-6-15)32-21-20-19-13(10-18(24)31)4-9-17(19)33-22(20)28-23(27-21)26-14-11-25-30(3)12-14;1-28(2)15-5-7-16(8-6-15)32-21-20-19-13(10-18(30)31)4-9-17(19)33-22(20)27-23(26-21)25-14-11-24-29(3)12-14;1-11(25)10-12-4-9-15-16(12)17-18(22-20(21)23-19(17)27-15)26-14-7-5-13(6-8-14)24(2)3;1-7-3-4(5)2-6-7/h11-13,15-16H,4-10H2,1-3H3,(H2,24,31)(H,26,27,28);11-13,15-16H,4-10H2,1-3H3,(H,30,31)(H,25,26,27);12-14H,4-10H2,1-3H3;2-3H,5H2,1H3. The van der Waals surface area contributed by atoms with Crippen molar-refractivity contribution in [2.24, 2.45) is 26.9 Å². The van der Waals surface area contributed by atoms with Gasteiger partial charge in [-0.05, 0) is 211 Å². The molecular formula is C70H94ClN19O7S3. The largest absolute Gasteiger partial charge is 0.481 e. The van der Waals surface area contributed by atoms with Gasteiger partial charge in [0.25, 0.3) is 0 Å². The van der Waals surface area contributed by atoms with Crippen molar-refractivity contribution in [3.8, 4) is 17.6 Å². The number of anilines is 5. The molecule has 9 heterocycles. The zero-order valence-electron chi connectivity index (χ0n) is 58.9. The number of fused-ring (bicyclic) bond motifs is 9. The van der Waals surface area contributed by atoms with E-state index in [2.05, 4.69) is 92.9 Å². The van der Waals surface area contributed by atoms with E-state index in [1.165, 1.54) is 25.8 Å². The Bertz CT molecular complexity index is 4150. The van der Waals surface area contributed by atoms with Gasteiger partial charge in [0.05, 0.1) is 58.2 Å². The average Bonchev–Trinajstić information content (AvgIpc) is 1.61. The second-order valence-electron chi connectivity index (χ2n) is 28.3. The molecule has 0 spiro atoms. The lowest BCUT2D eigenvalue weighted by molar-refractivity contribution is -0.137. The minimum atomic E-state index is -0.771. The summed E-state index contributed by atoms with van der Waals surface area (Å²) in [5.74, 6) is 2.32. The van der Waals surface area contributed by atoms with Crippen LogP contribution in [0.15, 0.2) is 37.2 Å². The number of hydrogen-bond donors (Lipinski definition) is 5. The summed E-state index contributed by atoms with van der Waals surface area (Å²) in [5, 5.41) is 31.3. The first-order valence-corrected chi connectivity index (χ1v) is 37.7. The monoisotopic (exact) mass is 1440 g/mol. The second-order valence-corrected chi connectivity index (χ2v) is 31.9. The summed E-state index contributed by atoms with van der Waals surface area (Å²) in [6.07, 6.45) is 30.3. The molecule has 15 rings (SSSR count). The minimum absolute atomic E-state index is 0.0150. The number of aryl methyl sites for hydroxylation is 6. The molecule has 6 aliphatic rings. The molecule has 3 fully saturated rings. The number of aliphatic carboxylic acids is 1. The number of Topliss-reactive ketones (excluding diaryl/α,β-unsaturated/α-hetero) is 1. The van der Waals surface area contributed by atoms with Gasteiger partial charge in [-0.3, -0.25) is 23.6 Å². The van der Waals surface area contributed by atoms with Crippen molar-refractivity contribution in [2.45, 2.75) is 196 Å². The van der Waals surface area contributed by atoms with Crippen LogP contribution in [0.1, 0.15) is 172 Å². The highest BCUT2D eigenvalue weighted by Gasteiger charge is 2.37. The van der Waals surface area contributed by atoms with Crippen LogP contribution < -0.4 is 36.3 Å². The fourth-order valence-electron chi connectivity index (χ4n) is 15.2. The van der Waals surface area contributed by atoms with E-state index in [0.29, 0.717) is 66.2 Å². The Hall–Kier alpha value is -7.67. The van der Waals surface area contributed by atoms with Crippen molar-refractivity contribution in [1.29, 1.82) is 0 Å². The van der Waals surface area contributed by atoms with Crippen molar-refractivity contribution in [1.82, 2.24) is 73.9 Å². The Kier molecular flexibility index (Phi) is 22.9. The molecule has 100 heavy (non-hydrogen) atoms. The van der Waals surface area contributed by atoms with Crippen LogP contribution in [0.25, 0.3) is 30.6 Å². The third-order valence-electron chi connectivity index (χ3n) is 20.3. The van der Waals surface area contributed by atoms with Crippen LogP contribution in [-0.4, -0.2) is 175 Å². The predicted molar refractivity (Wildman–Crippen MR) is 393 cm³/mol. The number of hydrogen-bond acceptors (Lipinski definition) is 24. The maximum atomic E-state index is 11.7. The number of rotatable bonds is 19. The van der Waals surface area contributed by atoms with Crippen molar-refractivity contribution in [3.05, 3.63) is 73.8 Å². The van der Waals surface area contributed by atoms with Crippen molar-refractivity contribution in [2.75, 3.05) is 58.7 Å². The number of primary amides is 1. The van der Waals surface area contributed by atoms with Gasteiger partial charge in [-0.25, -0.2) is 15.0 Å². The summed E-state index contributed by atoms with van der Waals surface area (Å²) in [6.45, 7) is 1.67. The number of ether oxygens (including phenoxy) is 3. The predicted octanol–water partition coefficient (Wildman–Crippen LogP) is 11.9. The van der Waals surface area contributed by atoms with E-state index in [1.807, 2.05) is 33.5 Å². The number of ketones is 1. The Morgan fingerprint density at radius 2 is 0.880 bits per heavy atom. The number of nitrogens with zero attached hydrogens (tertiary/aromatic N) is 15. The van der Waals surface area contributed by atoms with Gasteiger partial charge in [0.2, 0.25) is 40.7 Å². The molecule has 30 heteroatoms. The molecule has 3 saturated carbocycles. The number of carbonyl (C=O) groups is 3.